The summed E-state index contributed by atoms with van der Waals surface area (Å²) in [6.45, 7) is -3.01. The Labute approximate surface area is 235 Å². The number of ether oxygens (including phenoxy) is 2. The highest BCUT2D eigenvalue weighted by Crippen LogP contribution is 2.39. The van der Waals surface area contributed by atoms with Gasteiger partial charge in [-0.15, -0.1) is 69.6 Å². The van der Waals surface area contributed by atoms with E-state index in [4.69, 9.17) is 79.1 Å². The van der Waals surface area contributed by atoms with Gasteiger partial charge in [0.1, 0.15) is 6.61 Å². The maximum absolute atomic E-state index is 11.3. The molecule has 1 aliphatic rings. The van der Waals surface area contributed by atoms with Crippen LogP contribution in [0.1, 0.15) is 6.42 Å². The monoisotopic (exact) mass is 630 g/mol. The molecular weight excluding hydrogens is 601 g/mol. The molecule has 5 N–H and O–H groups in total. The van der Waals surface area contributed by atoms with Gasteiger partial charge < -0.3 is 35.0 Å². The van der Waals surface area contributed by atoms with Crippen molar-refractivity contribution in [3.8, 4) is 0 Å². The summed E-state index contributed by atoms with van der Waals surface area (Å²) in [5, 5.41) is 43.8. The average molecular weight is 633 g/mol. The van der Waals surface area contributed by atoms with Gasteiger partial charge in [-0.05, 0) is 0 Å². The summed E-state index contributed by atoms with van der Waals surface area (Å²) in [4.78, 5) is 11.3. The van der Waals surface area contributed by atoms with E-state index in [1.807, 2.05) is 0 Å². The van der Waals surface area contributed by atoms with Gasteiger partial charge in [-0.25, -0.2) is 0 Å². The Balaban J connectivity index is 0.000000757. The lowest BCUT2D eigenvalue weighted by atomic mass is 9.90. The Morgan fingerprint density at radius 2 is 0.971 bits per heavy atom. The van der Waals surface area contributed by atoms with Crippen molar-refractivity contribution in [2.75, 3.05) is 58.6 Å². The van der Waals surface area contributed by atoms with Crippen molar-refractivity contribution < 1.29 is 39.8 Å². The molecule has 0 amide bonds. The highest BCUT2D eigenvalue weighted by molar-refractivity contribution is 7.80. The molecule has 0 saturated heterocycles. The van der Waals surface area contributed by atoms with Crippen LogP contribution in [0.4, 0.5) is 0 Å². The lowest BCUT2D eigenvalue weighted by Crippen LogP contribution is -2.52. The van der Waals surface area contributed by atoms with Crippen LogP contribution in [0, 0.1) is 10.8 Å². The van der Waals surface area contributed by atoms with Crippen molar-refractivity contribution in [3.63, 3.8) is 0 Å². The molecule has 0 unspecified atom stereocenters. The number of hydrogen-bond acceptors (Lipinski definition) is 9. The number of hydrogen-bond donors (Lipinski definition) is 6. The minimum absolute atomic E-state index is 0.111. The number of aliphatic hydroxyl groups excluding tert-OH is 5. The summed E-state index contributed by atoms with van der Waals surface area (Å²) in [6.07, 6.45) is 0.111. The van der Waals surface area contributed by atoms with E-state index >= 15 is 0 Å². The predicted octanol–water partition coefficient (Wildman–Crippen LogP) is 1.44. The third-order valence-corrected chi connectivity index (χ3v) is 9.43. The van der Waals surface area contributed by atoms with Crippen molar-refractivity contribution >= 4 is 88.2 Å². The SMILES string of the molecule is ClC1C(Cl)C(Cl)C(Cl)C(Cl)C1Cl.O=C(CCS)OCC(CO)(CO)COCC(CO)(CO)CO. The van der Waals surface area contributed by atoms with Gasteiger partial charge >= 0.3 is 5.97 Å². The van der Waals surface area contributed by atoms with Gasteiger partial charge in [-0.2, -0.15) is 12.6 Å². The number of carbonyl (C=O) groups is 1. The Hall–Kier alpha value is 1.32. The van der Waals surface area contributed by atoms with E-state index in [-0.39, 0.29) is 26.2 Å². The largest absolute Gasteiger partial charge is 0.465 e. The molecule has 204 valence electrons. The molecule has 0 heterocycles. The molecule has 1 rings (SSSR count). The predicted molar refractivity (Wildman–Crippen MR) is 138 cm³/mol. The topological polar surface area (TPSA) is 137 Å². The molecule has 34 heavy (non-hydrogen) atoms. The van der Waals surface area contributed by atoms with Gasteiger partial charge in [0.05, 0.1) is 95.8 Å². The number of rotatable bonds is 13. The normalized spacial score (nSPS) is 27.6. The van der Waals surface area contributed by atoms with E-state index in [2.05, 4.69) is 12.6 Å². The van der Waals surface area contributed by atoms with Crippen molar-refractivity contribution in [2.24, 2.45) is 10.8 Å². The summed E-state index contributed by atoms with van der Waals surface area (Å²) in [7, 11) is 0. The number of aliphatic hydroxyl groups is 5. The summed E-state index contributed by atoms with van der Waals surface area (Å²) in [5.41, 5.74) is -2.41. The van der Waals surface area contributed by atoms with Gasteiger partial charge in [-0.3, -0.25) is 4.79 Å². The second-order valence-corrected chi connectivity index (χ2v) is 11.6. The fourth-order valence-electron chi connectivity index (χ4n) is 2.50. The molecule has 0 aliphatic heterocycles. The summed E-state index contributed by atoms with van der Waals surface area (Å²) in [6, 6.07) is 0. The molecule has 1 aliphatic carbocycles. The fraction of sp³-hybridized carbons (Fsp3) is 0.947. The van der Waals surface area contributed by atoms with Crippen LogP contribution in [-0.4, -0.2) is 122 Å². The van der Waals surface area contributed by atoms with Crippen molar-refractivity contribution in [3.05, 3.63) is 0 Å². The Bertz CT molecular complexity index is 506. The maximum Gasteiger partial charge on any atom is 0.306 e. The molecule has 15 heteroatoms. The number of carbonyl (C=O) groups excluding carboxylic acids is 1. The van der Waals surface area contributed by atoms with E-state index in [1.54, 1.807) is 0 Å². The fourth-order valence-corrected chi connectivity index (χ4v) is 5.01. The Kier molecular flexibility index (Phi) is 18.4. The molecule has 0 bridgehead atoms. The van der Waals surface area contributed by atoms with Crippen molar-refractivity contribution in [1.29, 1.82) is 0 Å². The lowest BCUT2D eigenvalue weighted by Gasteiger charge is -2.37. The quantitative estimate of drug-likeness (QED) is 0.102. The third-order valence-electron chi connectivity index (χ3n) is 5.17. The molecule has 0 radical (unpaired) electrons. The van der Waals surface area contributed by atoms with Gasteiger partial charge in [0.2, 0.25) is 0 Å². The minimum Gasteiger partial charge on any atom is -0.465 e. The van der Waals surface area contributed by atoms with E-state index in [1.165, 1.54) is 0 Å². The molecule has 1 fully saturated rings. The van der Waals surface area contributed by atoms with Crippen LogP contribution in [0.5, 0.6) is 0 Å². The van der Waals surface area contributed by atoms with Crippen LogP contribution in [0.15, 0.2) is 0 Å². The second kappa shape index (κ2) is 17.8. The molecule has 0 spiro atoms. The first-order valence-corrected chi connectivity index (χ1v) is 13.4. The van der Waals surface area contributed by atoms with Gasteiger partial charge in [-0.1, -0.05) is 0 Å². The molecule has 8 nitrogen and oxygen atoms in total. The first kappa shape index (κ1) is 35.3. The molecule has 0 aromatic carbocycles. The van der Waals surface area contributed by atoms with E-state index in [0.29, 0.717) is 5.75 Å². The lowest BCUT2D eigenvalue weighted by molar-refractivity contribution is -0.154. The van der Waals surface area contributed by atoms with E-state index in [0.717, 1.165) is 0 Å². The highest BCUT2D eigenvalue weighted by Gasteiger charge is 2.47. The van der Waals surface area contributed by atoms with Crippen LogP contribution in [0.3, 0.4) is 0 Å². The zero-order valence-corrected chi connectivity index (χ0v) is 23.6. The van der Waals surface area contributed by atoms with Crippen LogP contribution in [0.25, 0.3) is 0 Å². The summed E-state index contributed by atoms with van der Waals surface area (Å²) < 4.78 is 10.3. The zero-order chi connectivity index (χ0) is 26.5. The van der Waals surface area contributed by atoms with Crippen molar-refractivity contribution in [1.82, 2.24) is 0 Å². The van der Waals surface area contributed by atoms with Crippen molar-refractivity contribution in [2.45, 2.75) is 38.7 Å². The van der Waals surface area contributed by atoms with E-state index < -0.39 is 82.1 Å². The Morgan fingerprint density at radius 1 is 0.647 bits per heavy atom. The molecule has 0 aromatic rings. The Morgan fingerprint density at radius 3 is 1.26 bits per heavy atom. The van der Waals surface area contributed by atoms with Crippen LogP contribution in [-0.2, 0) is 14.3 Å². The molecular formula is C19H32Cl6O8S. The first-order valence-electron chi connectivity index (χ1n) is 10.2. The van der Waals surface area contributed by atoms with Crippen LogP contribution < -0.4 is 0 Å². The number of thiol groups is 1. The number of halogens is 6. The average Bonchev–Trinajstić information content (AvgIpc) is 2.86. The summed E-state index contributed by atoms with van der Waals surface area (Å²) in [5.74, 6) is -0.177. The van der Waals surface area contributed by atoms with Crippen LogP contribution >= 0.6 is 82.2 Å². The van der Waals surface area contributed by atoms with Gasteiger partial charge in [0.15, 0.2) is 0 Å². The second-order valence-electron chi connectivity index (χ2n) is 8.08. The van der Waals surface area contributed by atoms with E-state index in [9.17, 15) is 30.3 Å². The number of esters is 1. The summed E-state index contributed by atoms with van der Waals surface area (Å²) >= 11 is 39.2. The van der Waals surface area contributed by atoms with Gasteiger partial charge in [0, 0.05) is 5.75 Å². The smallest absolute Gasteiger partial charge is 0.306 e. The molecule has 0 atom stereocenters. The zero-order valence-electron chi connectivity index (χ0n) is 18.2. The minimum atomic E-state index is -1.21. The number of alkyl halides is 6. The third kappa shape index (κ3) is 10.6. The van der Waals surface area contributed by atoms with Gasteiger partial charge in [0.25, 0.3) is 0 Å². The first-order chi connectivity index (χ1) is 15.9. The molecule has 0 aromatic heterocycles. The van der Waals surface area contributed by atoms with Crippen LogP contribution in [0.2, 0.25) is 0 Å². The maximum atomic E-state index is 11.3. The molecule has 1 saturated carbocycles. The highest BCUT2D eigenvalue weighted by atomic mass is 35.5. The standard InChI is InChI=1S/C13H26O8S.C6H6Cl6/c14-3-12(4-15,5-16)8-20-9-13(6-17,7-18)10-21-11(19)1-2-22;7-1-2(8)4(10)6(12)5(11)3(1)9/h14-18,22H,1-10H2;1-6H.